The van der Waals surface area contributed by atoms with E-state index in [0.717, 1.165) is 50.4 Å². The van der Waals surface area contributed by atoms with E-state index in [1.165, 1.54) is 49.5 Å². The van der Waals surface area contributed by atoms with Crippen molar-refractivity contribution in [1.82, 2.24) is 9.97 Å². The summed E-state index contributed by atoms with van der Waals surface area (Å²) in [4.78, 5) is 10.2. The molecule has 0 aliphatic heterocycles. The molecule has 2 aromatic heterocycles. The predicted molar refractivity (Wildman–Crippen MR) is 235 cm³/mol. The smallest absolute Gasteiger partial charge is 0.0722 e. The van der Waals surface area contributed by atoms with E-state index in [4.69, 9.17) is 9.97 Å². The third kappa shape index (κ3) is 6.44. The lowest BCUT2D eigenvalue weighted by Crippen LogP contribution is -1.91. The van der Waals surface area contributed by atoms with Crippen LogP contribution in [0.3, 0.4) is 0 Å². The van der Waals surface area contributed by atoms with Crippen LogP contribution in [0.5, 0.6) is 0 Å². The molecule has 10 rings (SSSR count). The molecule has 262 valence electrons. The Kier molecular flexibility index (Phi) is 8.55. The SMILES string of the molecule is c1ccc(-c2cc(-c3ccc(-c4ccc(-c5ccc6c(ccc7nc(-c8ccccc8)cc(-c8ccccc8)c76)c5)cc4)cc3)cc(-c3ccccc3)n2)cc1. The monoisotopic (exact) mass is 712 g/mol. The van der Waals surface area contributed by atoms with Crippen molar-refractivity contribution >= 4 is 21.7 Å². The van der Waals surface area contributed by atoms with Gasteiger partial charge in [0.05, 0.1) is 22.6 Å². The Morgan fingerprint density at radius 1 is 0.250 bits per heavy atom. The van der Waals surface area contributed by atoms with Crippen molar-refractivity contribution in [2.45, 2.75) is 0 Å². The van der Waals surface area contributed by atoms with Gasteiger partial charge in [-0.15, -0.1) is 0 Å². The zero-order chi connectivity index (χ0) is 37.3. The van der Waals surface area contributed by atoms with Crippen LogP contribution in [0.15, 0.2) is 218 Å². The molecule has 8 aromatic carbocycles. The van der Waals surface area contributed by atoms with Crippen LogP contribution in [0.1, 0.15) is 0 Å². The molecule has 2 nitrogen and oxygen atoms in total. The Bertz CT molecular complexity index is 2900. The maximum Gasteiger partial charge on any atom is 0.0722 e. The lowest BCUT2D eigenvalue weighted by molar-refractivity contribution is 1.32. The van der Waals surface area contributed by atoms with E-state index in [1.54, 1.807) is 0 Å². The molecular weight excluding hydrogens is 677 g/mol. The third-order valence-corrected chi connectivity index (χ3v) is 10.7. The first-order chi connectivity index (χ1) is 27.7. The predicted octanol–water partition coefficient (Wildman–Crippen LogP) is 14.5. The minimum atomic E-state index is 0.967. The normalized spacial score (nSPS) is 11.2. The van der Waals surface area contributed by atoms with Crippen molar-refractivity contribution in [2.24, 2.45) is 0 Å². The fourth-order valence-corrected chi connectivity index (χ4v) is 7.77. The number of hydrogen-bond donors (Lipinski definition) is 0. The molecule has 0 amide bonds. The van der Waals surface area contributed by atoms with E-state index in [2.05, 4.69) is 200 Å². The molecular formula is C54H36N2. The van der Waals surface area contributed by atoms with Gasteiger partial charge in [0, 0.05) is 22.1 Å². The van der Waals surface area contributed by atoms with Gasteiger partial charge in [-0.3, -0.25) is 0 Å². The second-order valence-corrected chi connectivity index (χ2v) is 14.2. The van der Waals surface area contributed by atoms with Crippen LogP contribution in [-0.4, -0.2) is 9.97 Å². The molecule has 0 aliphatic carbocycles. The van der Waals surface area contributed by atoms with E-state index in [-0.39, 0.29) is 0 Å². The van der Waals surface area contributed by atoms with Crippen molar-refractivity contribution in [2.75, 3.05) is 0 Å². The molecule has 0 fully saturated rings. The maximum atomic E-state index is 5.15. The summed E-state index contributed by atoms with van der Waals surface area (Å²) in [6, 6.07) is 77.5. The van der Waals surface area contributed by atoms with Crippen LogP contribution < -0.4 is 0 Å². The van der Waals surface area contributed by atoms with Gasteiger partial charge in [0.25, 0.3) is 0 Å². The van der Waals surface area contributed by atoms with Crippen molar-refractivity contribution in [1.29, 1.82) is 0 Å². The highest BCUT2D eigenvalue weighted by Crippen LogP contribution is 2.38. The topological polar surface area (TPSA) is 25.8 Å². The fraction of sp³-hybridized carbons (Fsp3) is 0. The summed E-state index contributed by atoms with van der Waals surface area (Å²) in [5.41, 5.74) is 16.7. The van der Waals surface area contributed by atoms with Gasteiger partial charge in [-0.25, -0.2) is 9.97 Å². The first-order valence-electron chi connectivity index (χ1n) is 19.1. The van der Waals surface area contributed by atoms with E-state index >= 15 is 0 Å². The summed E-state index contributed by atoms with van der Waals surface area (Å²) in [5.74, 6) is 0. The number of pyridine rings is 2. The van der Waals surface area contributed by atoms with Gasteiger partial charge < -0.3 is 0 Å². The summed E-state index contributed by atoms with van der Waals surface area (Å²) in [6.45, 7) is 0. The summed E-state index contributed by atoms with van der Waals surface area (Å²) >= 11 is 0. The lowest BCUT2D eigenvalue weighted by Gasteiger charge is -2.14. The highest BCUT2D eigenvalue weighted by Gasteiger charge is 2.14. The maximum absolute atomic E-state index is 5.15. The molecule has 0 aliphatic rings. The molecule has 0 bridgehead atoms. The average Bonchev–Trinajstić information content (AvgIpc) is 3.29. The zero-order valence-corrected chi connectivity index (χ0v) is 30.7. The number of nitrogens with zero attached hydrogens (tertiary/aromatic N) is 2. The number of fused-ring (bicyclic) bond motifs is 3. The van der Waals surface area contributed by atoms with Gasteiger partial charge in [0.1, 0.15) is 0 Å². The van der Waals surface area contributed by atoms with Crippen LogP contribution >= 0.6 is 0 Å². The fourth-order valence-electron chi connectivity index (χ4n) is 7.77. The quantitative estimate of drug-likeness (QED) is 0.154. The van der Waals surface area contributed by atoms with Crippen molar-refractivity contribution in [3.63, 3.8) is 0 Å². The van der Waals surface area contributed by atoms with Crippen molar-refractivity contribution in [3.8, 4) is 78.3 Å². The molecule has 0 N–H and O–H groups in total. The lowest BCUT2D eigenvalue weighted by atomic mass is 9.92. The molecule has 0 atom stereocenters. The van der Waals surface area contributed by atoms with Gasteiger partial charge in [-0.2, -0.15) is 0 Å². The summed E-state index contributed by atoms with van der Waals surface area (Å²) in [6.07, 6.45) is 0. The minimum absolute atomic E-state index is 0.967. The van der Waals surface area contributed by atoms with E-state index in [9.17, 15) is 0 Å². The first-order valence-corrected chi connectivity index (χ1v) is 19.1. The number of aromatic nitrogens is 2. The Balaban J connectivity index is 0.963. The van der Waals surface area contributed by atoms with Gasteiger partial charge >= 0.3 is 0 Å². The van der Waals surface area contributed by atoms with Gasteiger partial charge in [0.2, 0.25) is 0 Å². The number of benzene rings is 8. The molecule has 0 radical (unpaired) electrons. The van der Waals surface area contributed by atoms with Crippen LogP contribution in [0.4, 0.5) is 0 Å². The summed E-state index contributed by atoms with van der Waals surface area (Å²) in [5, 5.41) is 3.58. The third-order valence-electron chi connectivity index (χ3n) is 10.7. The molecule has 0 saturated heterocycles. The van der Waals surface area contributed by atoms with Gasteiger partial charge in [-0.1, -0.05) is 188 Å². The van der Waals surface area contributed by atoms with E-state index in [1.807, 2.05) is 18.2 Å². The van der Waals surface area contributed by atoms with Gasteiger partial charge in [0.15, 0.2) is 0 Å². The molecule has 2 heteroatoms. The highest BCUT2D eigenvalue weighted by atomic mass is 14.7. The minimum Gasteiger partial charge on any atom is -0.248 e. The Labute approximate surface area is 327 Å². The standard InChI is InChI=1S/C54H36N2/c1-5-13-41(14-6-1)49-36-53(44-19-11-4-12-20-44)55-50-32-30-46-33-45(29-31-48(46)54(49)50)39-25-21-37(22-26-39)38-23-27-40(28-24-38)47-34-51(42-15-7-2-8-16-42)56-52(35-47)43-17-9-3-10-18-43/h1-36H. The van der Waals surface area contributed by atoms with Crippen LogP contribution in [0, 0.1) is 0 Å². The Hall–Kier alpha value is -7.42. The van der Waals surface area contributed by atoms with Crippen LogP contribution in [0.25, 0.3) is 100.0 Å². The Morgan fingerprint density at radius 2 is 0.661 bits per heavy atom. The van der Waals surface area contributed by atoms with Crippen molar-refractivity contribution in [3.05, 3.63) is 218 Å². The molecule has 0 unspecified atom stereocenters. The van der Waals surface area contributed by atoms with Crippen LogP contribution in [0.2, 0.25) is 0 Å². The van der Waals surface area contributed by atoms with E-state index < -0.39 is 0 Å². The average molecular weight is 713 g/mol. The van der Waals surface area contributed by atoms with Gasteiger partial charge in [-0.05, 0) is 85.6 Å². The molecule has 2 heterocycles. The van der Waals surface area contributed by atoms with Crippen molar-refractivity contribution < 1.29 is 0 Å². The zero-order valence-electron chi connectivity index (χ0n) is 30.7. The summed E-state index contributed by atoms with van der Waals surface area (Å²) < 4.78 is 0. The molecule has 0 spiro atoms. The summed E-state index contributed by atoms with van der Waals surface area (Å²) in [7, 11) is 0. The second kappa shape index (κ2) is 14.4. The molecule has 0 saturated carbocycles. The second-order valence-electron chi connectivity index (χ2n) is 14.2. The van der Waals surface area contributed by atoms with E-state index in [0.29, 0.717) is 0 Å². The molecule has 10 aromatic rings. The number of rotatable bonds is 7. The first kappa shape index (κ1) is 33.2. The highest BCUT2D eigenvalue weighted by molar-refractivity contribution is 6.14. The largest absolute Gasteiger partial charge is 0.248 e. The number of hydrogen-bond acceptors (Lipinski definition) is 2. The Morgan fingerprint density at radius 3 is 1.16 bits per heavy atom. The molecule has 56 heavy (non-hydrogen) atoms. The van der Waals surface area contributed by atoms with Crippen LogP contribution in [-0.2, 0) is 0 Å².